The van der Waals surface area contributed by atoms with Gasteiger partial charge in [-0.3, -0.25) is 14.9 Å². The van der Waals surface area contributed by atoms with Crippen LogP contribution in [-0.2, 0) is 11.2 Å². The van der Waals surface area contributed by atoms with Crippen LogP contribution in [0.3, 0.4) is 0 Å². The monoisotopic (exact) mass is 403 g/mol. The number of amides is 2. The minimum atomic E-state index is -0.231. The Hall–Kier alpha value is -3.78. The summed E-state index contributed by atoms with van der Waals surface area (Å²) < 4.78 is 1.83. The van der Waals surface area contributed by atoms with E-state index >= 15 is 0 Å². The summed E-state index contributed by atoms with van der Waals surface area (Å²) in [5, 5.41) is 7.89. The van der Waals surface area contributed by atoms with Gasteiger partial charge in [0.15, 0.2) is 5.13 Å². The van der Waals surface area contributed by atoms with Gasteiger partial charge in [-0.05, 0) is 24.3 Å². The molecule has 4 rings (SSSR count). The van der Waals surface area contributed by atoms with Gasteiger partial charge in [-0.15, -0.1) is 11.3 Å². The van der Waals surface area contributed by atoms with Crippen LogP contribution in [-0.4, -0.2) is 26.3 Å². The number of para-hydroxylation sites is 2. The van der Waals surface area contributed by atoms with Gasteiger partial charge in [-0.2, -0.15) is 0 Å². The Morgan fingerprint density at radius 2 is 1.79 bits per heavy atom. The second-order valence-corrected chi connectivity index (χ2v) is 7.03. The maximum atomic E-state index is 12.5. The van der Waals surface area contributed by atoms with E-state index in [1.54, 1.807) is 42.2 Å². The molecule has 0 aliphatic rings. The van der Waals surface area contributed by atoms with E-state index in [4.69, 9.17) is 0 Å². The van der Waals surface area contributed by atoms with Crippen LogP contribution in [0.2, 0.25) is 0 Å². The number of rotatable bonds is 6. The third-order valence-corrected chi connectivity index (χ3v) is 4.92. The summed E-state index contributed by atoms with van der Waals surface area (Å²) in [6.45, 7) is 0. The fourth-order valence-electron chi connectivity index (χ4n) is 2.77. The number of benzene rings is 2. The number of aromatic nitrogens is 3. The number of hydrogen-bond acceptors (Lipinski definition) is 5. The molecule has 0 bridgehead atoms. The number of hydrogen-bond donors (Lipinski definition) is 2. The van der Waals surface area contributed by atoms with Crippen LogP contribution >= 0.6 is 11.3 Å². The van der Waals surface area contributed by atoms with Crippen LogP contribution in [0.25, 0.3) is 5.69 Å². The molecule has 2 aromatic carbocycles. The number of imidazole rings is 1. The number of anilines is 2. The van der Waals surface area contributed by atoms with Gasteiger partial charge in [-0.1, -0.05) is 30.3 Å². The van der Waals surface area contributed by atoms with Crippen LogP contribution in [0.1, 0.15) is 16.1 Å². The first-order valence-electron chi connectivity index (χ1n) is 8.87. The van der Waals surface area contributed by atoms with Gasteiger partial charge in [0.05, 0.1) is 29.8 Å². The number of nitrogens with zero attached hydrogens (tertiary/aromatic N) is 3. The molecule has 0 fully saturated rings. The number of thiazole rings is 1. The van der Waals surface area contributed by atoms with Crippen molar-refractivity contribution in [3.05, 3.63) is 90.0 Å². The first-order chi connectivity index (χ1) is 14.2. The zero-order valence-electron chi connectivity index (χ0n) is 15.3. The van der Waals surface area contributed by atoms with Gasteiger partial charge in [0.2, 0.25) is 5.91 Å². The van der Waals surface area contributed by atoms with Crippen molar-refractivity contribution in [3.8, 4) is 5.69 Å². The lowest BCUT2D eigenvalue weighted by Crippen LogP contribution is -2.16. The molecule has 4 aromatic rings. The second-order valence-electron chi connectivity index (χ2n) is 6.18. The standard InChI is InChI=1S/C21H17N5O2S/c27-19(24-17-8-4-5-9-18(17)26-11-10-22-14-26)12-16-13-29-21(23-16)25-20(28)15-6-2-1-3-7-15/h1-11,13-14H,12H2,(H,24,27)(H,23,25,28). The van der Waals surface area contributed by atoms with Gasteiger partial charge >= 0.3 is 0 Å². The van der Waals surface area contributed by atoms with Crippen LogP contribution in [0.4, 0.5) is 10.8 Å². The van der Waals surface area contributed by atoms with E-state index in [2.05, 4.69) is 20.6 Å². The van der Waals surface area contributed by atoms with E-state index in [1.165, 1.54) is 11.3 Å². The van der Waals surface area contributed by atoms with Crippen molar-refractivity contribution in [1.82, 2.24) is 14.5 Å². The molecule has 2 amide bonds. The van der Waals surface area contributed by atoms with E-state index in [-0.39, 0.29) is 18.2 Å². The molecule has 8 heteroatoms. The number of carbonyl (C=O) groups is 2. The summed E-state index contributed by atoms with van der Waals surface area (Å²) in [5.41, 5.74) is 2.66. The summed E-state index contributed by atoms with van der Waals surface area (Å²) >= 11 is 1.29. The molecular weight excluding hydrogens is 386 g/mol. The SMILES string of the molecule is O=C(Cc1csc(NC(=O)c2ccccc2)n1)Nc1ccccc1-n1ccnc1. The van der Waals surface area contributed by atoms with Gasteiger partial charge in [0, 0.05) is 23.3 Å². The minimum absolute atomic E-state index is 0.107. The van der Waals surface area contributed by atoms with Crippen molar-refractivity contribution >= 4 is 34.0 Å². The molecule has 0 aliphatic carbocycles. The molecule has 0 saturated carbocycles. The Balaban J connectivity index is 1.40. The molecule has 0 unspecified atom stereocenters. The Bertz CT molecular complexity index is 1120. The molecule has 0 spiro atoms. The Morgan fingerprint density at radius 3 is 2.59 bits per heavy atom. The van der Waals surface area contributed by atoms with E-state index in [9.17, 15) is 9.59 Å². The predicted molar refractivity (Wildman–Crippen MR) is 112 cm³/mol. The van der Waals surface area contributed by atoms with Crippen LogP contribution in [0.15, 0.2) is 78.7 Å². The third-order valence-electron chi connectivity index (χ3n) is 4.11. The second kappa shape index (κ2) is 8.49. The summed E-state index contributed by atoms with van der Waals surface area (Å²) in [6.07, 6.45) is 5.27. The van der Waals surface area contributed by atoms with Crippen LogP contribution in [0, 0.1) is 0 Å². The predicted octanol–water partition coefficient (Wildman–Crippen LogP) is 3.76. The highest BCUT2D eigenvalue weighted by molar-refractivity contribution is 7.14. The molecular formula is C21H17N5O2S. The normalized spacial score (nSPS) is 10.5. The molecule has 0 saturated heterocycles. The lowest BCUT2D eigenvalue weighted by Gasteiger charge is -2.11. The van der Waals surface area contributed by atoms with Crippen molar-refractivity contribution in [2.45, 2.75) is 6.42 Å². The minimum Gasteiger partial charge on any atom is -0.324 e. The van der Waals surface area contributed by atoms with E-state index in [1.807, 2.05) is 41.1 Å². The molecule has 0 aliphatic heterocycles. The van der Waals surface area contributed by atoms with Crippen LogP contribution in [0.5, 0.6) is 0 Å². The van der Waals surface area contributed by atoms with Gasteiger partial charge in [0.25, 0.3) is 5.91 Å². The molecule has 0 radical (unpaired) electrons. The highest BCUT2D eigenvalue weighted by Crippen LogP contribution is 2.21. The summed E-state index contributed by atoms with van der Waals surface area (Å²) in [6, 6.07) is 16.4. The highest BCUT2D eigenvalue weighted by atomic mass is 32.1. The zero-order chi connectivity index (χ0) is 20.1. The molecule has 2 aromatic heterocycles. The van der Waals surface area contributed by atoms with E-state index in [0.717, 1.165) is 5.69 Å². The molecule has 0 atom stereocenters. The quantitative estimate of drug-likeness (QED) is 0.513. The summed E-state index contributed by atoms with van der Waals surface area (Å²) in [7, 11) is 0. The number of nitrogens with one attached hydrogen (secondary N) is 2. The van der Waals surface area contributed by atoms with Crippen molar-refractivity contribution < 1.29 is 9.59 Å². The largest absolute Gasteiger partial charge is 0.324 e. The van der Waals surface area contributed by atoms with Gasteiger partial charge in [0.1, 0.15) is 0 Å². The highest BCUT2D eigenvalue weighted by Gasteiger charge is 2.13. The average Bonchev–Trinajstić information content (AvgIpc) is 3.41. The Kier molecular flexibility index (Phi) is 5.44. The fraction of sp³-hybridized carbons (Fsp3) is 0.0476. The van der Waals surface area contributed by atoms with Crippen molar-refractivity contribution in [2.75, 3.05) is 10.6 Å². The first kappa shape index (κ1) is 18.6. The lowest BCUT2D eigenvalue weighted by atomic mass is 10.2. The van der Waals surface area contributed by atoms with Crippen molar-refractivity contribution in [3.63, 3.8) is 0 Å². The molecule has 144 valence electrons. The van der Waals surface area contributed by atoms with Crippen LogP contribution < -0.4 is 10.6 Å². The molecule has 7 nitrogen and oxygen atoms in total. The fourth-order valence-corrected chi connectivity index (χ4v) is 3.47. The summed E-state index contributed by atoms with van der Waals surface area (Å²) in [4.78, 5) is 33.1. The van der Waals surface area contributed by atoms with E-state index in [0.29, 0.717) is 22.1 Å². The topological polar surface area (TPSA) is 88.9 Å². The maximum absolute atomic E-state index is 12.5. The smallest absolute Gasteiger partial charge is 0.257 e. The Morgan fingerprint density at radius 1 is 1.00 bits per heavy atom. The first-order valence-corrected chi connectivity index (χ1v) is 9.75. The van der Waals surface area contributed by atoms with Crippen molar-refractivity contribution in [1.29, 1.82) is 0 Å². The van der Waals surface area contributed by atoms with E-state index < -0.39 is 0 Å². The Labute approximate surface area is 171 Å². The third kappa shape index (κ3) is 4.56. The average molecular weight is 403 g/mol. The van der Waals surface area contributed by atoms with Crippen molar-refractivity contribution in [2.24, 2.45) is 0 Å². The molecule has 2 N–H and O–H groups in total. The molecule has 29 heavy (non-hydrogen) atoms. The maximum Gasteiger partial charge on any atom is 0.257 e. The zero-order valence-corrected chi connectivity index (χ0v) is 16.1. The van der Waals surface area contributed by atoms with Gasteiger partial charge in [-0.25, -0.2) is 9.97 Å². The number of carbonyl (C=O) groups excluding carboxylic acids is 2. The summed E-state index contributed by atoms with van der Waals surface area (Å²) in [5.74, 6) is -0.422. The van der Waals surface area contributed by atoms with Gasteiger partial charge < -0.3 is 9.88 Å². The lowest BCUT2D eigenvalue weighted by molar-refractivity contribution is -0.115. The molecule has 2 heterocycles.